The van der Waals surface area contributed by atoms with E-state index >= 15 is 0 Å². The highest BCUT2D eigenvalue weighted by atomic mass is 35.5. The Morgan fingerprint density at radius 2 is 2.00 bits per heavy atom. The molecule has 1 fully saturated rings. The average molecular weight is 299 g/mol. The van der Waals surface area contributed by atoms with E-state index in [1.807, 2.05) is 0 Å². The zero-order valence-corrected chi connectivity index (χ0v) is 11.9. The van der Waals surface area contributed by atoms with Crippen molar-refractivity contribution in [3.63, 3.8) is 0 Å². The highest BCUT2D eigenvalue weighted by Crippen LogP contribution is 2.19. The van der Waals surface area contributed by atoms with Crippen LogP contribution in [0.2, 0.25) is 5.02 Å². The lowest BCUT2D eigenvalue weighted by Gasteiger charge is -2.32. The summed E-state index contributed by atoms with van der Waals surface area (Å²) in [6.45, 7) is 2.46. The monoisotopic (exact) mass is 298 g/mol. The van der Waals surface area contributed by atoms with Gasteiger partial charge in [-0.25, -0.2) is 4.39 Å². The molecule has 0 saturated carbocycles. The molecule has 0 bridgehead atoms. The van der Waals surface area contributed by atoms with Crippen molar-refractivity contribution in [3.05, 3.63) is 34.6 Å². The Bertz CT molecular complexity index is 528. The molecule has 4 nitrogen and oxygen atoms in total. The van der Waals surface area contributed by atoms with Crippen LogP contribution in [-0.4, -0.2) is 35.8 Å². The number of hydrogen-bond donors (Lipinski definition) is 1. The van der Waals surface area contributed by atoms with Crippen LogP contribution in [0.5, 0.6) is 0 Å². The molecule has 1 N–H and O–H groups in total. The molecule has 1 aromatic carbocycles. The van der Waals surface area contributed by atoms with E-state index in [1.54, 1.807) is 4.90 Å². The third kappa shape index (κ3) is 3.48. The molecular formula is C14H16ClFN2O2. The van der Waals surface area contributed by atoms with Gasteiger partial charge in [0, 0.05) is 31.1 Å². The number of nitrogens with zero attached hydrogens (tertiary/aromatic N) is 1. The summed E-state index contributed by atoms with van der Waals surface area (Å²) in [4.78, 5) is 24.8. The Labute approximate surface area is 121 Å². The number of benzene rings is 1. The number of nitrogens with one attached hydrogen (secondary N) is 1. The summed E-state index contributed by atoms with van der Waals surface area (Å²) in [5, 5.41) is 3.17. The van der Waals surface area contributed by atoms with E-state index in [2.05, 4.69) is 5.32 Å². The minimum Gasteiger partial charge on any atom is -0.353 e. The molecule has 1 aliphatic rings. The molecule has 1 aromatic rings. The van der Waals surface area contributed by atoms with Crippen LogP contribution in [0, 0.1) is 5.82 Å². The number of hydrogen-bond acceptors (Lipinski definition) is 2. The number of rotatable bonds is 2. The van der Waals surface area contributed by atoms with Crippen LogP contribution >= 0.6 is 11.6 Å². The smallest absolute Gasteiger partial charge is 0.256 e. The summed E-state index contributed by atoms with van der Waals surface area (Å²) in [5.41, 5.74) is -0.00419. The predicted molar refractivity (Wildman–Crippen MR) is 74.2 cm³/mol. The molecule has 6 heteroatoms. The van der Waals surface area contributed by atoms with Crippen LogP contribution in [0.25, 0.3) is 0 Å². The maximum absolute atomic E-state index is 13.7. The van der Waals surface area contributed by atoms with Crippen molar-refractivity contribution in [2.75, 3.05) is 13.1 Å². The number of halogens is 2. The molecule has 0 radical (unpaired) electrons. The molecule has 0 aromatic heterocycles. The van der Waals surface area contributed by atoms with Gasteiger partial charge in [-0.05, 0) is 31.0 Å². The molecule has 0 unspecified atom stereocenters. The summed E-state index contributed by atoms with van der Waals surface area (Å²) in [5.74, 6) is -0.995. The fraction of sp³-hybridized carbons (Fsp3) is 0.429. The molecule has 1 aliphatic heterocycles. The zero-order valence-electron chi connectivity index (χ0n) is 11.2. The standard InChI is InChI=1S/C14H16ClFN2O2/c1-9(19)17-11-4-6-18(7-5-11)14(20)12-8-10(15)2-3-13(12)16/h2-3,8,11H,4-7H2,1H3,(H,17,19). The summed E-state index contributed by atoms with van der Waals surface area (Å²) in [7, 11) is 0. The molecule has 20 heavy (non-hydrogen) atoms. The summed E-state index contributed by atoms with van der Waals surface area (Å²) in [6.07, 6.45) is 1.35. The van der Waals surface area contributed by atoms with E-state index in [0.29, 0.717) is 31.0 Å². The normalized spacial score (nSPS) is 16.1. The fourth-order valence-electron chi connectivity index (χ4n) is 2.35. The molecule has 2 rings (SSSR count). The first-order chi connectivity index (χ1) is 9.47. The van der Waals surface area contributed by atoms with Crippen molar-refractivity contribution in [2.24, 2.45) is 0 Å². The third-order valence-electron chi connectivity index (χ3n) is 3.35. The largest absolute Gasteiger partial charge is 0.353 e. The maximum Gasteiger partial charge on any atom is 0.256 e. The number of carbonyl (C=O) groups is 2. The van der Waals surface area contributed by atoms with Crippen molar-refractivity contribution >= 4 is 23.4 Å². The first-order valence-electron chi connectivity index (χ1n) is 6.49. The minimum absolute atomic E-state index is 0.00419. The van der Waals surface area contributed by atoms with Crippen molar-refractivity contribution in [1.82, 2.24) is 10.2 Å². The molecular weight excluding hydrogens is 283 g/mol. The van der Waals surface area contributed by atoms with Crippen LogP contribution < -0.4 is 5.32 Å². The average Bonchev–Trinajstić information content (AvgIpc) is 2.41. The molecule has 0 atom stereocenters. The van der Waals surface area contributed by atoms with E-state index in [1.165, 1.54) is 25.1 Å². The molecule has 0 aliphatic carbocycles. The number of likely N-dealkylation sites (tertiary alicyclic amines) is 1. The van der Waals surface area contributed by atoms with E-state index < -0.39 is 5.82 Å². The Kier molecular flexibility index (Phi) is 4.60. The summed E-state index contributed by atoms with van der Waals surface area (Å²) < 4.78 is 13.7. The summed E-state index contributed by atoms with van der Waals surface area (Å²) in [6, 6.07) is 4.04. The second-order valence-corrected chi connectivity index (χ2v) is 5.33. The SMILES string of the molecule is CC(=O)NC1CCN(C(=O)c2cc(Cl)ccc2F)CC1. The predicted octanol–water partition coefficient (Wildman–Crippen LogP) is 2.22. The van der Waals surface area contributed by atoms with Crippen LogP contribution in [0.15, 0.2) is 18.2 Å². The van der Waals surface area contributed by atoms with Crippen LogP contribution in [0.3, 0.4) is 0 Å². The number of amides is 2. The lowest BCUT2D eigenvalue weighted by molar-refractivity contribution is -0.119. The maximum atomic E-state index is 13.7. The molecule has 1 heterocycles. The summed E-state index contributed by atoms with van der Waals surface area (Å²) >= 11 is 5.80. The van der Waals surface area contributed by atoms with E-state index in [9.17, 15) is 14.0 Å². The molecule has 2 amide bonds. The van der Waals surface area contributed by atoms with Crippen molar-refractivity contribution in [1.29, 1.82) is 0 Å². The lowest BCUT2D eigenvalue weighted by atomic mass is 10.0. The van der Waals surface area contributed by atoms with Gasteiger partial charge in [0.1, 0.15) is 5.82 Å². The van der Waals surface area contributed by atoms with Gasteiger partial charge in [0.05, 0.1) is 5.56 Å². The highest BCUT2D eigenvalue weighted by Gasteiger charge is 2.25. The Morgan fingerprint density at radius 1 is 1.35 bits per heavy atom. The van der Waals surface area contributed by atoms with Crippen LogP contribution in [0.1, 0.15) is 30.1 Å². The molecule has 108 valence electrons. The van der Waals surface area contributed by atoms with Gasteiger partial charge in [-0.15, -0.1) is 0 Å². The molecule has 0 spiro atoms. The van der Waals surface area contributed by atoms with Crippen LogP contribution in [-0.2, 0) is 4.79 Å². The van der Waals surface area contributed by atoms with Gasteiger partial charge in [0.15, 0.2) is 0 Å². The lowest BCUT2D eigenvalue weighted by Crippen LogP contribution is -2.46. The van der Waals surface area contributed by atoms with E-state index in [4.69, 9.17) is 11.6 Å². The fourth-order valence-corrected chi connectivity index (χ4v) is 2.52. The minimum atomic E-state index is -0.566. The quantitative estimate of drug-likeness (QED) is 0.910. The second kappa shape index (κ2) is 6.22. The van der Waals surface area contributed by atoms with Crippen molar-refractivity contribution < 1.29 is 14.0 Å². The zero-order chi connectivity index (χ0) is 14.7. The second-order valence-electron chi connectivity index (χ2n) is 4.89. The number of piperidine rings is 1. The van der Waals surface area contributed by atoms with Crippen molar-refractivity contribution in [3.8, 4) is 0 Å². The Balaban J connectivity index is 2.01. The van der Waals surface area contributed by atoms with Gasteiger partial charge >= 0.3 is 0 Å². The van der Waals surface area contributed by atoms with Gasteiger partial charge in [-0.1, -0.05) is 11.6 Å². The Hall–Kier alpha value is -1.62. The van der Waals surface area contributed by atoms with Crippen molar-refractivity contribution in [2.45, 2.75) is 25.8 Å². The Morgan fingerprint density at radius 3 is 2.60 bits per heavy atom. The first-order valence-corrected chi connectivity index (χ1v) is 6.86. The number of carbonyl (C=O) groups excluding carboxylic acids is 2. The first kappa shape index (κ1) is 14.8. The van der Waals surface area contributed by atoms with Gasteiger partial charge < -0.3 is 10.2 Å². The third-order valence-corrected chi connectivity index (χ3v) is 3.58. The topological polar surface area (TPSA) is 49.4 Å². The van der Waals surface area contributed by atoms with Crippen LogP contribution in [0.4, 0.5) is 4.39 Å². The van der Waals surface area contributed by atoms with Gasteiger partial charge in [0.25, 0.3) is 5.91 Å². The van der Waals surface area contributed by atoms with Gasteiger partial charge in [-0.3, -0.25) is 9.59 Å². The van der Waals surface area contributed by atoms with Gasteiger partial charge in [-0.2, -0.15) is 0 Å². The van der Waals surface area contributed by atoms with E-state index in [-0.39, 0.29) is 23.4 Å². The highest BCUT2D eigenvalue weighted by molar-refractivity contribution is 6.31. The molecule has 1 saturated heterocycles. The van der Waals surface area contributed by atoms with E-state index in [0.717, 1.165) is 0 Å². The van der Waals surface area contributed by atoms with Gasteiger partial charge in [0.2, 0.25) is 5.91 Å².